The molecule has 0 aliphatic carbocycles. The molecule has 0 N–H and O–H groups in total. The summed E-state index contributed by atoms with van der Waals surface area (Å²) < 4.78 is 4.60. The van der Waals surface area contributed by atoms with Crippen LogP contribution in [0.4, 0.5) is 0 Å². The van der Waals surface area contributed by atoms with Gasteiger partial charge in [0.1, 0.15) is 0 Å². The maximum absolute atomic E-state index is 9.91. The van der Waals surface area contributed by atoms with E-state index in [1.807, 2.05) is 66.7 Å². The van der Waals surface area contributed by atoms with Gasteiger partial charge in [-0.05, 0) is 82.9 Å². The molecule has 3 heterocycles. The van der Waals surface area contributed by atoms with Gasteiger partial charge < -0.3 is 4.57 Å². The number of aromatic nitrogens is 4. The van der Waals surface area contributed by atoms with Crippen LogP contribution in [0.15, 0.2) is 188 Å². The lowest BCUT2D eigenvalue weighted by molar-refractivity contribution is 1.08. The summed E-state index contributed by atoms with van der Waals surface area (Å²) >= 11 is 1.79. The average Bonchev–Trinajstić information content (AvgIpc) is 3.85. The zero-order valence-corrected chi connectivity index (χ0v) is 31.9. The minimum absolute atomic E-state index is 0.576. The third-order valence-electron chi connectivity index (χ3n) is 10.9. The summed E-state index contributed by atoms with van der Waals surface area (Å²) in [5.41, 5.74) is 11.1. The first-order valence-corrected chi connectivity index (χ1v) is 20.0. The van der Waals surface area contributed by atoms with Crippen molar-refractivity contribution in [2.45, 2.75) is 0 Å². The van der Waals surface area contributed by atoms with E-state index in [0.29, 0.717) is 23.0 Å². The van der Waals surface area contributed by atoms with Crippen molar-refractivity contribution < 1.29 is 0 Å². The van der Waals surface area contributed by atoms with Crippen molar-refractivity contribution in [3.63, 3.8) is 0 Å². The maximum Gasteiger partial charge on any atom is 0.165 e. The van der Waals surface area contributed by atoms with Crippen molar-refractivity contribution in [3.05, 3.63) is 194 Å². The molecule has 58 heavy (non-hydrogen) atoms. The molecule has 0 bridgehead atoms. The van der Waals surface area contributed by atoms with Crippen molar-refractivity contribution >= 4 is 53.3 Å². The van der Waals surface area contributed by atoms with E-state index in [2.05, 4.69) is 132 Å². The summed E-state index contributed by atoms with van der Waals surface area (Å²) in [5.74, 6) is 1.79. The molecular formula is C52H31N5S. The summed E-state index contributed by atoms with van der Waals surface area (Å²) in [5, 5.41) is 14.3. The molecule has 0 atom stereocenters. The highest BCUT2D eigenvalue weighted by Crippen LogP contribution is 2.46. The number of nitrogens with zero attached hydrogens (tertiary/aromatic N) is 5. The average molecular weight is 758 g/mol. The lowest BCUT2D eigenvalue weighted by atomic mass is 9.97. The monoisotopic (exact) mass is 757 g/mol. The number of hydrogen-bond acceptors (Lipinski definition) is 5. The van der Waals surface area contributed by atoms with Gasteiger partial charge in [0.2, 0.25) is 0 Å². The van der Waals surface area contributed by atoms with E-state index in [1.165, 1.54) is 26.6 Å². The third-order valence-corrected chi connectivity index (χ3v) is 12.2. The van der Waals surface area contributed by atoms with Gasteiger partial charge in [-0.3, -0.25) is 0 Å². The van der Waals surface area contributed by atoms with Gasteiger partial charge in [-0.1, -0.05) is 127 Å². The minimum Gasteiger partial charge on any atom is -0.309 e. The second kappa shape index (κ2) is 13.8. The number of hydrogen-bond donors (Lipinski definition) is 0. The highest BCUT2D eigenvalue weighted by molar-refractivity contribution is 7.26. The molecule has 0 spiro atoms. The molecule has 5 nitrogen and oxygen atoms in total. The Bertz CT molecular complexity index is 3380. The van der Waals surface area contributed by atoms with Crippen LogP contribution in [0.2, 0.25) is 0 Å². The van der Waals surface area contributed by atoms with Gasteiger partial charge in [-0.25, -0.2) is 15.0 Å². The van der Waals surface area contributed by atoms with Crippen LogP contribution < -0.4 is 0 Å². The fraction of sp³-hybridized carbons (Fsp3) is 0. The predicted molar refractivity (Wildman–Crippen MR) is 239 cm³/mol. The third kappa shape index (κ3) is 5.64. The Morgan fingerprint density at radius 3 is 1.67 bits per heavy atom. The Hall–Kier alpha value is -7.72. The summed E-state index contributed by atoms with van der Waals surface area (Å²) in [4.78, 5) is 15.8. The number of nitriles is 1. The molecule has 0 saturated carbocycles. The van der Waals surface area contributed by atoms with Crippen LogP contribution in [-0.4, -0.2) is 19.5 Å². The number of benzene rings is 8. The zero-order valence-electron chi connectivity index (χ0n) is 31.0. The smallest absolute Gasteiger partial charge is 0.165 e. The van der Waals surface area contributed by atoms with Crippen molar-refractivity contribution in [2.24, 2.45) is 0 Å². The first kappa shape index (κ1) is 33.6. The van der Waals surface area contributed by atoms with Crippen molar-refractivity contribution in [1.29, 1.82) is 5.26 Å². The van der Waals surface area contributed by atoms with Crippen LogP contribution in [0.25, 0.3) is 104 Å². The van der Waals surface area contributed by atoms with Crippen molar-refractivity contribution in [3.8, 4) is 68.2 Å². The maximum atomic E-state index is 9.91. The first-order valence-electron chi connectivity index (χ1n) is 19.2. The zero-order chi connectivity index (χ0) is 38.6. The molecular weight excluding hydrogens is 727 g/mol. The molecule has 6 heteroatoms. The molecule has 0 fully saturated rings. The van der Waals surface area contributed by atoms with Crippen LogP contribution in [0.3, 0.4) is 0 Å². The standard InChI is InChI=1S/C52H31N5S/c53-32-33-24-26-46-42(28-33)43-29-37(25-27-47(43)57(46)39-20-11-4-12-21-39)51-54-50(36-18-9-3-10-19-36)55-52(56-51)45-31-38(34-14-5-1-6-15-34)30-44-41-23-13-22-40(48(41)58-49(44)45)35-16-7-2-8-17-35/h1-31H. The Morgan fingerprint density at radius 1 is 0.397 bits per heavy atom. The number of fused-ring (bicyclic) bond motifs is 6. The van der Waals surface area contributed by atoms with E-state index < -0.39 is 0 Å². The first-order chi connectivity index (χ1) is 28.7. The quantitative estimate of drug-likeness (QED) is 0.169. The van der Waals surface area contributed by atoms with E-state index in [4.69, 9.17) is 15.0 Å². The predicted octanol–water partition coefficient (Wildman–Crippen LogP) is 13.5. The van der Waals surface area contributed by atoms with Crippen LogP contribution in [0.1, 0.15) is 5.56 Å². The van der Waals surface area contributed by atoms with E-state index in [0.717, 1.165) is 60.0 Å². The lowest BCUT2D eigenvalue weighted by Crippen LogP contribution is -2.00. The molecule has 0 unspecified atom stereocenters. The minimum atomic E-state index is 0.576. The molecule has 11 aromatic rings. The van der Waals surface area contributed by atoms with Crippen molar-refractivity contribution in [1.82, 2.24) is 19.5 Å². The summed E-state index contributed by atoms with van der Waals surface area (Å²) in [7, 11) is 0. The topological polar surface area (TPSA) is 67.4 Å². The van der Waals surface area contributed by atoms with E-state index >= 15 is 0 Å². The normalized spacial score (nSPS) is 11.4. The van der Waals surface area contributed by atoms with Crippen LogP contribution in [-0.2, 0) is 0 Å². The summed E-state index contributed by atoms with van der Waals surface area (Å²) in [6.07, 6.45) is 0. The summed E-state index contributed by atoms with van der Waals surface area (Å²) in [6.45, 7) is 0. The van der Waals surface area contributed by atoms with E-state index in [-0.39, 0.29) is 0 Å². The Labute approximate surface area is 338 Å². The highest BCUT2D eigenvalue weighted by atomic mass is 32.1. The molecule has 0 amide bonds. The summed E-state index contributed by atoms with van der Waals surface area (Å²) in [6, 6.07) is 67.4. The van der Waals surface area contributed by atoms with Crippen LogP contribution in [0, 0.1) is 11.3 Å². The van der Waals surface area contributed by atoms with E-state index in [1.54, 1.807) is 11.3 Å². The van der Waals surface area contributed by atoms with Gasteiger partial charge in [0.25, 0.3) is 0 Å². The fourth-order valence-electron chi connectivity index (χ4n) is 8.14. The largest absolute Gasteiger partial charge is 0.309 e. The molecule has 11 rings (SSSR count). The molecule has 0 radical (unpaired) electrons. The van der Waals surface area contributed by atoms with Crippen LogP contribution in [0.5, 0.6) is 0 Å². The van der Waals surface area contributed by atoms with Gasteiger partial charge in [-0.15, -0.1) is 11.3 Å². The second-order valence-electron chi connectivity index (χ2n) is 14.3. The van der Waals surface area contributed by atoms with E-state index in [9.17, 15) is 5.26 Å². The highest BCUT2D eigenvalue weighted by Gasteiger charge is 2.21. The van der Waals surface area contributed by atoms with Gasteiger partial charge in [-0.2, -0.15) is 5.26 Å². The van der Waals surface area contributed by atoms with Crippen LogP contribution >= 0.6 is 11.3 Å². The Balaban J connectivity index is 1.18. The molecule has 3 aromatic heterocycles. The van der Waals surface area contributed by atoms with Crippen molar-refractivity contribution in [2.75, 3.05) is 0 Å². The molecule has 0 saturated heterocycles. The number of para-hydroxylation sites is 1. The van der Waals surface area contributed by atoms with Gasteiger partial charge in [0.15, 0.2) is 17.5 Å². The Morgan fingerprint density at radius 2 is 0.966 bits per heavy atom. The second-order valence-corrected chi connectivity index (χ2v) is 15.4. The van der Waals surface area contributed by atoms with Gasteiger partial charge in [0.05, 0.1) is 22.7 Å². The van der Waals surface area contributed by atoms with Gasteiger partial charge >= 0.3 is 0 Å². The SMILES string of the molecule is N#Cc1ccc2c(c1)c1cc(-c3nc(-c4ccccc4)nc(-c4cc(-c5ccccc5)cc5c4sc4c(-c6ccccc6)cccc45)n3)ccc1n2-c1ccccc1. The number of thiophene rings is 1. The fourth-order valence-corrected chi connectivity index (χ4v) is 9.46. The molecule has 8 aromatic carbocycles. The lowest BCUT2D eigenvalue weighted by Gasteiger charge is -2.11. The van der Waals surface area contributed by atoms with Gasteiger partial charge in [0, 0.05) is 53.3 Å². The Kier molecular flexibility index (Phi) is 7.99. The molecule has 0 aliphatic heterocycles. The molecule has 270 valence electrons. The number of rotatable bonds is 6. The molecule has 0 aliphatic rings.